The van der Waals surface area contributed by atoms with Crippen LogP contribution in [0.25, 0.3) is 0 Å². The van der Waals surface area contributed by atoms with Gasteiger partial charge in [0, 0.05) is 10.6 Å². The van der Waals surface area contributed by atoms with Gasteiger partial charge in [0.15, 0.2) is 0 Å². The van der Waals surface area contributed by atoms with E-state index in [1.807, 2.05) is 0 Å². The summed E-state index contributed by atoms with van der Waals surface area (Å²) >= 11 is 1.64. The number of hydrogen-bond donors (Lipinski definition) is 2. The van der Waals surface area contributed by atoms with Crippen molar-refractivity contribution in [2.75, 3.05) is 11.1 Å². The molecule has 0 unspecified atom stereocenters. The molecule has 0 bridgehead atoms. The van der Waals surface area contributed by atoms with Gasteiger partial charge in [0.1, 0.15) is 11.6 Å². The molecule has 2 amide bonds. The van der Waals surface area contributed by atoms with Gasteiger partial charge in [-0.1, -0.05) is 12.1 Å². The highest BCUT2D eigenvalue weighted by Crippen LogP contribution is 2.36. The zero-order chi connectivity index (χ0) is 15.5. The van der Waals surface area contributed by atoms with Crippen LogP contribution in [0, 0.1) is 11.6 Å². The quantitative estimate of drug-likeness (QED) is 0.865. The molecule has 22 heavy (non-hydrogen) atoms. The second kappa shape index (κ2) is 6.36. The zero-order valence-electron chi connectivity index (χ0n) is 11.6. The van der Waals surface area contributed by atoms with Crippen molar-refractivity contribution >= 4 is 23.5 Å². The zero-order valence-corrected chi connectivity index (χ0v) is 12.4. The van der Waals surface area contributed by atoms with E-state index in [1.54, 1.807) is 30.0 Å². The lowest BCUT2D eigenvalue weighted by atomic mass is 10.0. The number of benzene rings is 2. The maximum atomic E-state index is 13.5. The lowest BCUT2D eigenvalue weighted by Gasteiger charge is -2.26. The fourth-order valence-electron chi connectivity index (χ4n) is 2.39. The molecular formula is C16H14F2N2OS. The lowest BCUT2D eigenvalue weighted by molar-refractivity contribution is 0.248. The number of fused-ring (bicyclic) bond motifs is 1. The molecule has 2 aromatic rings. The van der Waals surface area contributed by atoms with Crippen LogP contribution in [0.5, 0.6) is 0 Å². The Hall–Kier alpha value is -2.08. The molecule has 1 aliphatic heterocycles. The molecule has 1 atom stereocenters. The number of carbonyl (C=O) groups excluding carboxylic acids is 1. The fraction of sp³-hybridized carbons (Fsp3) is 0.188. The molecule has 2 aromatic carbocycles. The summed E-state index contributed by atoms with van der Waals surface area (Å²) in [5.74, 6) is 0.00867. The summed E-state index contributed by atoms with van der Waals surface area (Å²) in [5, 5.41) is 5.26. The summed E-state index contributed by atoms with van der Waals surface area (Å²) in [6.45, 7) is 0. The Morgan fingerprint density at radius 3 is 2.82 bits per heavy atom. The van der Waals surface area contributed by atoms with Crippen LogP contribution < -0.4 is 10.6 Å². The van der Waals surface area contributed by atoms with Gasteiger partial charge in [-0.25, -0.2) is 13.6 Å². The van der Waals surface area contributed by atoms with E-state index in [0.29, 0.717) is 6.42 Å². The third kappa shape index (κ3) is 3.22. The molecule has 0 saturated carbocycles. The van der Waals surface area contributed by atoms with E-state index < -0.39 is 11.8 Å². The fourth-order valence-corrected chi connectivity index (χ4v) is 3.50. The number of carbonyl (C=O) groups is 1. The molecule has 0 aromatic heterocycles. The van der Waals surface area contributed by atoms with E-state index >= 15 is 0 Å². The number of amides is 2. The topological polar surface area (TPSA) is 41.1 Å². The number of rotatable bonds is 2. The SMILES string of the molecule is O=C(Nc1ccccc1F)N[C@@H]1CCSc2ccc(F)cc21. The Kier molecular flexibility index (Phi) is 4.29. The summed E-state index contributed by atoms with van der Waals surface area (Å²) in [6.07, 6.45) is 0.700. The summed E-state index contributed by atoms with van der Waals surface area (Å²) < 4.78 is 26.9. The van der Waals surface area contributed by atoms with Gasteiger partial charge < -0.3 is 10.6 Å². The summed E-state index contributed by atoms with van der Waals surface area (Å²) in [4.78, 5) is 13.0. The molecule has 1 heterocycles. The third-order valence-electron chi connectivity index (χ3n) is 3.44. The largest absolute Gasteiger partial charge is 0.331 e. The van der Waals surface area contributed by atoms with Crippen molar-refractivity contribution in [2.45, 2.75) is 17.4 Å². The van der Waals surface area contributed by atoms with Crippen molar-refractivity contribution in [2.24, 2.45) is 0 Å². The smallest absolute Gasteiger partial charge is 0.319 e. The number of halogens is 2. The van der Waals surface area contributed by atoms with E-state index in [4.69, 9.17) is 0 Å². The molecule has 0 spiro atoms. The van der Waals surface area contributed by atoms with E-state index in [2.05, 4.69) is 10.6 Å². The highest BCUT2D eigenvalue weighted by molar-refractivity contribution is 7.99. The van der Waals surface area contributed by atoms with Crippen molar-refractivity contribution in [3.05, 3.63) is 59.7 Å². The van der Waals surface area contributed by atoms with Crippen molar-refractivity contribution in [1.82, 2.24) is 5.32 Å². The first-order valence-corrected chi connectivity index (χ1v) is 7.86. The number of urea groups is 1. The number of hydrogen-bond acceptors (Lipinski definition) is 2. The Labute approximate surface area is 131 Å². The van der Waals surface area contributed by atoms with Crippen LogP contribution in [-0.2, 0) is 0 Å². The second-order valence-corrected chi connectivity index (χ2v) is 6.09. The minimum Gasteiger partial charge on any atom is -0.331 e. The van der Waals surface area contributed by atoms with E-state index in [-0.39, 0.29) is 17.5 Å². The monoisotopic (exact) mass is 320 g/mol. The molecule has 0 radical (unpaired) electrons. The van der Waals surface area contributed by atoms with E-state index in [9.17, 15) is 13.6 Å². The van der Waals surface area contributed by atoms with Gasteiger partial charge in [-0.3, -0.25) is 0 Å². The average Bonchev–Trinajstić information content (AvgIpc) is 2.50. The first-order valence-electron chi connectivity index (χ1n) is 6.88. The van der Waals surface area contributed by atoms with Crippen LogP contribution in [0.2, 0.25) is 0 Å². The van der Waals surface area contributed by atoms with Gasteiger partial charge in [0.2, 0.25) is 0 Å². The molecule has 114 valence electrons. The Balaban J connectivity index is 1.73. The minimum absolute atomic E-state index is 0.115. The summed E-state index contributed by atoms with van der Waals surface area (Å²) in [5.41, 5.74) is 0.879. The van der Waals surface area contributed by atoms with Crippen molar-refractivity contribution < 1.29 is 13.6 Å². The Bertz CT molecular complexity index is 708. The van der Waals surface area contributed by atoms with Crippen molar-refractivity contribution in [3.8, 4) is 0 Å². The van der Waals surface area contributed by atoms with Gasteiger partial charge in [-0.05, 0) is 42.3 Å². The van der Waals surface area contributed by atoms with Crippen LogP contribution >= 0.6 is 11.8 Å². The highest BCUT2D eigenvalue weighted by atomic mass is 32.2. The van der Waals surface area contributed by atoms with Gasteiger partial charge in [-0.15, -0.1) is 11.8 Å². The molecule has 3 nitrogen and oxygen atoms in total. The van der Waals surface area contributed by atoms with Crippen LogP contribution in [0.1, 0.15) is 18.0 Å². The molecule has 2 N–H and O–H groups in total. The molecule has 6 heteroatoms. The molecule has 0 aliphatic carbocycles. The third-order valence-corrected chi connectivity index (χ3v) is 4.56. The maximum absolute atomic E-state index is 13.5. The molecular weight excluding hydrogens is 306 g/mol. The standard InChI is InChI=1S/C16H14F2N2OS/c17-10-5-6-15-11(9-10)13(7-8-22-15)19-16(21)20-14-4-2-1-3-12(14)18/h1-6,9,13H,7-8H2,(H2,19,20,21)/t13-/m1/s1. The number of anilines is 1. The van der Waals surface area contributed by atoms with Crippen LogP contribution in [0.15, 0.2) is 47.4 Å². The highest BCUT2D eigenvalue weighted by Gasteiger charge is 2.23. The van der Waals surface area contributed by atoms with Crippen LogP contribution in [-0.4, -0.2) is 11.8 Å². The number of nitrogens with one attached hydrogen (secondary N) is 2. The van der Waals surface area contributed by atoms with Gasteiger partial charge in [-0.2, -0.15) is 0 Å². The van der Waals surface area contributed by atoms with Gasteiger partial charge in [0.05, 0.1) is 11.7 Å². The predicted octanol–water partition coefficient (Wildman–Crippen LogP) is 4.32. The van der Waals surface area contributed by atoms with Crippen LogP contribution in [0.3, 0.4) is 0 Å². The van der Waals surface area contributed by atoms with E-state index in [0.717, 1.165) is 16.2 Å². The lowest BCUT2D eigenvalue weighted by Crippen LogP contribution is -2.34. The van der Waals surface area contributed by atoms with Gasteiger partial charge in [0.25, 0.3) is 0 Å². The first kappa shape index (κ1) is 14.8. The molecule has 3 rings (SSSR count). The van der Waals surface area contributed by atoms with Crippen molar-refractivity contribution in [3.63, 3.8) is 0 Å². The average molecular weight is 320 g/mol. The molecule has 1 aliphatic rings. The predicted molar refractivity (Wildman–Crippen MR) is 83.0 cm³/mol. The Morgan fingerprint density at radius 1 is 1.18 bits per heavy atom. The second-order valence-electron chi connectivity index (χ2n) is 4.95. The Morgan fingerprint density at radius 2 is 2.00 bits per heavy atom. The number of thioether (sulfide) groups is 1. The molecule has 0 saturated heterocycles. The van der Waals surface area contributed by atoms with Crippen molar-refractivity contribution in [1.29, 1.82) is 0 Å². The van der Waals surface area contributed by atoms with Crippen LogP contribution in [0.4, 0.5) is 19.3 Å². The summed E-state index contributed by atoms with van der Waals surface area (Å²) in [7, 11) is 0. The van der Waals surface area contributed by atoms with E-state index in [1.165, 1.54) is 24.3 Å². The summed E-state index contributed by atoms with van der Waals surface area (Å²) in [6, 6.07) is 9.74. The van der Waals surface area contributed by atoms with Gasteiger partial charge >= 0.3 is 6.03 Å². The molecule has 0 fully saturated rings. The normalized spacial score (nSPS) is 16.7. The minimum atomic E-state index is -0.503. The first-order chi connectivity index (χ1) is 10.6. The number of para-hydroxylation sites is 1. The maximum Gasteiger partial charge on any atom is 0.319 e.